The predicted octanol–water partition coefficient (Wildman–Crippen LogP) is 4.97. The molecule has 0 saturated carbocycles. The van der Waals surface area contributed by atoms with Crippen molar-refractivity contribution in [2.45, 2.75) is 13.5 Å². The van der Waals surface area contributed by atoms with E-state index < -0.39 is 0 Å². The van der Waals surface area contributed by atoms with Crippen LogP contribution in [0.2, 0.25) is 5.02 Å². The van der Waals surface area contributed by atoms with Crippen LogP contribution in [0.4, 0.5) is 5.69 Å². The highest BCUT2D eigenvalue weighted by Gasteiger charge is 2.20. The lowest BCUT2D eigenvalue weighted by molar-refractivity contribution is -0.120. The number of phenolic OH excluding ortho intramolecular Hbond substituents is 1. The van der Waals surface area contributed by atoms with Crippen molar-refractivity contribution in [3.63, 3.8) is 0 Å². The molecular weight excluding hydrogens is 362 g/mol. The first-order valence-electron chi connectivity index (χ1n) is 8.56. The van der Waals surface area contributed by atoms with Crippen LogP contribution < -0.4 is 9.64 Å². The molecule has 0 bridgehead atoms. The molecule has 5 heteroatoms. The molecule has 0 aliphatic rings. The lowest BCUT2D eigenvalue weighted by Gasteiger charge is -2.24. The topological polar surface area (TPSA) is 49.8 Å². The Morgan fingerprint density at radius 3 is 2.41 bits per heavy atom. The van der Waals surface area contributed by atoms with Gasteiger partial charge in [-0.25, -0.2) is 0 Å². The van der Waals surface area contributed by atoms with Gasteiger partial charge in [0.15, 0.2) is 6.61 Å². The molecule has 138 valence electrons. The molecule has 0 heterocycles. The van der Waals surface area contributed by atoms with Crippen LogP contribution in [0.5, 0.6) is 11.5 Å². The molecule has 0 atom stereocenters. The summed E-state index contributed by atoms with van der Waals surface area (Å²) in [4.78, 5) is 14.5. The largest absolute Gasteiger partial charge is 0.508 e. The molecule has 0 aliphatic carbocycles. The highest BCUT2D eigenvalue weighted by Crippen LogP contribution is 2.29. The summed E-state index contributed by atoms with van der Waals surface area (Å²) in [6, 6.07) is 21.6. The molecule has 0 fully saturated rings. The van der Waals surface area contributed by atoms with Crippen LogP contribution in [0, 0.1) is 6.92 Å². The number of halogens is 1. The third kappa shape index (κ3) is 4.60. The third-order valence-corrected chi connectivity index (χ3v) is 4.53. The second-order valence-corrected chi connectivity index (χ2v) is 6.52. The first kappa shape index (κ1) is 18.8. The molecule has 0 saturated heterocycles. The molecule has 0 spiro atoms. The number of hydrogen-bond acceptors (Lipinski definition) is 3. The Hall–Kier alpha value is -2.98. The summed E-state index contributed by atoms with van der Waals surface area (Å²) in [6.45, 7) is 1.98. The summed E-state index contributed by atoms with van der Waals surface area (Å²) >= 11 is 6.31. The summed E-state index contributed by atoms with van der Waals surface area (Å²) in [5.74, 6) is 0.532. The molecule has 0 aromatic heterocycles. The van der Waals surface area contributed by atoms with Crippen LogP contribution >= 0.6 is 11.6 Å². The van der Waals surface area contributed by atoms with Crippen LogP contribution in [0.1, 0.15) is 11.1 Å². The number of carbonyl (C=O) groups excluding carboxylic acids is 1. The Bertz CT molecular complexity index is 942. The SMILES string of the molecule is Cc1ccccc1OCC(=O)N(Cc1ccccc1O)c1ccccc1Cl. The van der Waals surface area contributed by atoms with E-state index in [9.17, 15) is 9.90 Å². The van der Waals surface area contributed by atoms with Gasteiger partial charge in [0, 0.05) is 5.56 Å². The van der Waals surface area contributed by atoms with E-state index in [1.807, 2.05) is 43.3 Å². The fourth-order valence-corrected chi connectivity index (χ4v) is 2.97. The van der Waals surface area contributed by atoms with Crippen LogP contribution in [0.25, 0.3) is 0 Å². The number of rotatable bonds is 6. The lowest BCUT2D eigenvalue weighted by atomic mass is 10.1. The van der Waals surface area contributed by atoms with E-state index in [1.165, 1.54) is 4.90 Å². The zero-order chi connectivity index (χ0) is 19.2. The number of hydrogen-bond donors (Lipinski definition) is 1. The normalized spacial score (nSPS) is 10.4. The number of benzene rings is 3. The summed E-state index contributed by atoms with van der Waals surface area (Å²) in [5.41, 5.74) is 2.15. The zero-order valence-electron chi connectivity index (χ0n) is 14.9. The van der Waals surface area contributed by atoms with Crippen molar-refractivity contribution in [3.05, 3.63) is 88.9 Å². The molecule has 27 heavy (non-hydrogen) atoms. The lowest BCUT2D eigenvalue weighted by Crippen LogP contribution is -2.34. The number of nitrogens with zero attached hydrogens (tertiary/aromatic N) is 1. The van der Waals surface area contributed by atoms with Crippen molar-refractivity contribution in [2.24, 2.45) is 0 Å². The molecule has 3 rings (SSSR count). The van der Waals surface area contributed by atoms with Crippen LogP contribution in [0.3, 0.4) is 0 Å². The zero-order valence-corrected chi connectivity index (χ0v) is 15.7. The van der Waals surface area contributed by atoms with Crippen molar-refractivity contribution in [1.82, 2.24) is 0 Å². The van der Waals surface area contributed by atoms with Gasteiger partial charge in [-0.2, -0.15) is 0 Å². The van der Waals surface area contributed by atoms with Crippen molar-refractivity contribution < 1.29 is 14.6 Å². The van der Waals surface area contributed by atoms with Crippen molar-refractivity contribution in [1.29, 1.82) is 0 Å². The minimum Gasteiger partial charge on any atom is -0.508 e. The van der Waals surface area contributed by atoms with Crippen LogP contribution in [-0.2, 0) is 11.3 Å². The molecule has 4 nitrogen and oxygen atoms in total. The minimum atomic E-state index is -0.255. The van der Waals surface area contributed by atoms with Gasteiger partial charge >= 0.3 is 0 Å². The Morgan fingerprint density at radius 2 is 1.67 bits per heavy atom. The number of aryl methyl sites for hydroxylation is 1. The summed E-state index contributed by atoms with van der Waals surface area (Å²) in [6.07, 6.45) is 0. The number of ether oxygens (including phenoxy) is 1. The van der Waals surface area contributed by atoms with Gasteiger partial charge in [-0.1, -0.05) is 60.1 Å². The standard InChI is InChI=1S/C22H20ClNO3/c1-16-8-2-7-13-21(16)27-15-22(26)24(19-11-5-4-10-18(19)23)14-17-9-3-6-12-20(17)25/h2-13,25H,14-15H2,1H3. The van der Waals surface area contributed by atoms with Gasteiger partial charge < -0.3 is 14.7 Å². The summed E-state index contributed by atoms with van der Waals surface area (Å²) in [5, 5.41) is 10.6. The number of para-hydroxylation sites is 3. The quantitative estimate of drug-likeness (QED) is 0.656. The number of carbonyl (C=O) groups is 1. The monoisotopic (exact) mass is 381 g/mol. The van der Waals surface area contributed by atoms with E-state index in [4.69, 9.17) is 16.3 Å². The number of phenols is 1. The van der Waals surface area contributed by atoms with Gasteiger partial charge in [-0.15, -0.1) is 0 Å². The molecular formula is C22H20ClNO3. The number of aromatic hydroxyl groups is 1. The van der Waals surface area contributed by atoms with E-state index in [-0.39, 0.29) is 24.8 Å². The predicted molar refractivity (Wildman–Crippen MR) is 107 cm³/mol. The maximum Gasteiger partial charge on any atom is 0.265 e. The number of anilines is 1. The highest BCUT2D eigenvalue weighted by molar-refractivity contribution is 6.33. The van der Waals surface area contributed by atoms with Crippen LogP contribution in [-0.4, -0.2) is 17.6 Å². The Balaban J connectivity index is 1.85. The molecule has 0 unspecified atom stereocenters. The van der Waals surface area contributed by atoms with Crippen molar-refractivity contribution >= 4 is 23.2 Å². The second kappa shape index (κ2) is 8.60. The summed E-state index contributed by atoms with van der Waals surface area (Å²) < 4.78 is 5.71. The second-order valence-electron chi connectivity index (χ2n) is 6.11. The fourth-order valence-electron chi connectivity index (χ4n) is 2.73. The van der Waals surface area contributed by atoms with Gasteiger partial charge in [0.25, 0.3) is 5.91 Å². The first-order chi connectivity index (χ1) is 13.1. The molecule has 1 amide bonds. The van der Waals surface area contributed by atoms with Crippen molar-refractivity contribution in [2.75, 3.05) is 11.5 Å². The van der Waals surface area contributed by atoms with Crippen molar-refractivity contribution in [3.8, 4) is 11.5 Å². The Kier molecular flexibility index (Phi) is 5.99. The van der Waals surface area contributed by atoms with Gasteiger partial charge in [-0.05, 0) is 36.8 Å². The van der Waals surface area contributed by atoms with Gasteiger partial charge in [-0.3, -0.25) is 4.79 Å². The molecule has 3 aromatic rings. The molecule has 1 N–H and O–H groups in total. The van der Waals surface area contributed by atoms with E-state index in [0.717, 1.165) is 5.56 Å². The maximum atomic E-state index is 13.0. The van der Waals surface area contributed by atoms with Gasteiger partial charge in [0.1, 0.15) is 11.5 Å². The Morgan fingerprint density at radius 1 is 1.00 bits per heavy atom. The smallest absolute Gasteiger partial charge is 0.265 e. The van der Waals surface area contributed by atoms with E-state index in [1.54, 1.807) is 36.4 Å². The average molecular weight is 382 g/mol. The van der Waals surface area contributed by atoms with E-state index in [2.05, 4.69) is 0 Å². The van der Waals surface area contributed by atoms with Crippen LogP contribution in [0.15, 0.2) is 72.8 Å². The number of amides is 1. The molecule has 0 radical (unpaired) electrons. The molecule has 3 aromatic carbocycles. The molecule has 0 aliphatic heterocycles. The highest BCUT2D eigenvalue weighted by atomic mass is 35.5. The minimum absolute atomic E-state index is 0.127. The Labute approximate surface area is 163 Å². The van der Waals surface area contributed by atoms with E-state index in [0.29, 0.717) is 22.0 Å². The summed E-state index contributed by atoms with van der Waals surface area (Å²) in [7, 11) is 0. The average Bonchev–Trinajstić information content (AvgIpc) is 2.67. The first-order valence-corrected chi connectivity index (χ1v) is 8.94. The third-order valence-electron chi connectivity index (χ3n) is 4.21. The van der Waals surface area contributed by atoms with Gasteiger partial charge in [0.05, 0.1) is 17.3 Å². The fraction of sp³-hybridized carbons (Fsp3) is 0.136. The maximum absolute atomic E-state index is 13.0. The van der Waals surface area contributed by atoms with E-state index >= 15 is 0 Å². The van der Waals surface area contributed by atoms with Gasteiger partial charge in [0.2, 0.25) is 0 Å².